The van der Waals surface area contributed by atoms with Crippen LogP contribution in [0.1, 0.15) is 29.3 Å². The number of fused-ring (bicyclic) bond motifs is 1. The van der Waals surface area contributed by atoms with Crippen molar-refractivity contribution in [1.82, 2.24) is 9.80 Å². The zero-order valence-corrected chi connectivity index (χ0v) is 19.6. The van der Waals surface area contributed by atoms with Crippen LogP contribution in [0.2, 0.25) is 0 Å². The Hall–Kier alpha value is -2.13. The van der Waals surface area contributed by atoms with Crippen molar-refractivity contribution in [3.8, 4) is 11.5 Å². The molecule has 1 aliphatic carbocycles. The first-order chi connectivity index (χ1) is 15.6. The highest BCUT2D eigenvalue weighted by Gasteiger charge is 2.36. The van der Waals surface area contributed by atoms with Crippen LogP contribution in [0, 0.1) is 0 Å². The highest BCUT2D eigenvalue weighted by Crippen LogP contribution is 2.36. The maximum Gasteiger partial charge on any atom is 0.237 e. The molecule has 32 heavy (non-hydrogen) atoms. The summed E-state index contributed by atoms with van der Waals surface area (Å²) in [5.74, 6) is 1.43. The number of amides is 1. The highest BCUT2D eigenvalue weighted by atomic mass is 32.1. The normalized spacial score (nSPS) is 19.0. The van der Waals surface area contributed by atoms with E-state index in [0.29, 0.717) is 43.8 Å². The molecule has 2 aliphatic rings. The number of carbonyl (C=O) groups is 1. The van der Waals surface area contributed by atoms with Gasteiger partial charge < -0.3 is 24.2 Å². The number of nitrogens with zero attached hydrogens (tertiary/aromatic N) is 2. The fourth-order valence-corrected chi connectivity index (χ4v) is 5.27. The molecule has 174 valence electrons. The molecule has 8 heteroatoms. The van der Waals surface area contributed by atoms with Gasteiger partial charge in [-0.3, -0.25) is 9.69 Å². The third kappa shape index (κ3) is 5.43. The summed E-state index contributed by atoms with van der Waals surface area (Å²) >= 11 is 1.74. The van der Waals surface area contributed by atoms with Crippen molar-refractivity contribution in [2.75, 3.05) is 47.1 Å². The maximum absolute atomic E-state index is 13.5. The second-order valence-electron chi connectivity index (χ2n) is 8.38. The summed E-state index contributed by atoms with van der Waals surface area (Å²) < 4.78 is 16.6. The fraction of sp³-hybridized carbons (Fsp3) is 0.542. The van der Waals surface area contributed by atoms with E-state index in [9.17, 15) is 9.90 Å². The van der Waals surface area contributed by atoms with Crippen LogP contribution in [-0.2, 0) is 16.0 Å². The van der Waals surface area contributed by atoms with E-state index >= 15 is 0 Å². The van der Waals surface area contributed by atoms with Crippen molar-refractivity contribution in [3.63, 3.8) is 0 Å². The minimum Gasteiger partial charge on any atom is -0.493 e. The molecule has 1 aliphatic heterocycles. The first kappa shape index (κ1) is 23.0. The summed E-state index contributed by atoms with van der Waals surface area (Å²) in [4.78, 5) is 18.8. The number of benzene rings is 1. The number of carbonyl (C=O) groups excluding carboxylic acids is 1. The van der Waals surface area contributed by atoms with Crippen LogP contribution in [0.5, 0.6) is 11.5 Å². The minimum absolute atomic E-state index is 0.0759. The number of rotatable bonds is 11. The fourth-order valence-electron chi connectivity index (χ4n) is 4.34. The molecular weight excluding hydrogens is 428 g/mol. The van der Waals surface area contributed by atoms with Crippen LogP contribution in [0.3, 0.4) is 0 Å². The number of ether oxygens (including phenoxy) is 3. The second kappa shape index (κ2) is 10.7. The van der Waals surface area contributed by atoms with E-state index < -0.39 is 6.10 Å². The quantitative estimate of drug-likeness (QED) is 0.556. The number of aliphatic hydroxyl groups excluding tert-OH is 1. The van der Waals surface area contributed by atoms with E-state index in [0.717, 1.165) is 19.3 Å². The van der Waals surface area contributed by atoms with E-state index in [1.54, 1.807) is 25.6 Å². The van der Waals surface area contributed by atoms with Crippen molar-refractivity contribution in [2.45, 2.75) is 37.5 Å². The van der Waals surface area contributed by atoms with E-state index in [4.69, 9.17) is 14.2 Å². The van der Waals surface area contributed by atoms with Crippen molar-refractivity contribution in [2.24, 2.45) is 0 Å². The van der Waals surface area contributed by atoms with Crippen LogP contribution in [0.4, 0.5) is 0 Å². The lowest BCUT2D eigenvalue weighted by molar-refractivity contribution is -0.136. The molecule has 0 saturated heterocycles. The molecule has 1 fully saturated rings. The third-order valence-corrected chi connectivity index (χ3v) is 7.08. The summed E-state index contributed by atoms with van der Waals surface area (Å²) in [6.45, 7) is 2.06. The van der Waals surface area contributed by atoms with Gasteiger partial charge in [0.05, 0.1) is 32.4 Å². The number of hydrogen-bond acceptors (Lipinski definition) is 7. The van der Waals surface area contributed by atoms with Gasteiger partial charge >= 0.3 is 0 Å². The molecule has 1 saturated carbocycles. The van der Waals surface area contributed by atoms with Gasteiger partial charge in [-0.2, -0.15) is 0 Å². The smallest absolute Gasteiger partial charge is 0.237 e. The van der Waals surface area contributed by atoms with Crippen LogP contribution in [0.25, 0.3) is 0 Å². The number of thiophene rings is 1. The molecule has 1 aromatic carbocycles. The Labute approximate surface area is 193 Å². The molecule has 2 heterocycles. The number of para-hydroxylation sites is 2. The number of methoxy groups -OCH3 is 2. The lowest BCUT2D eigenvalue weighted by Gasteiger charge is -2.37. The third-order valence-electron chi connectivity index (χ3n) is 6.09. The minimum atomic E-state index is -0.595. The molecule has 2 atom stereocenters. The standard InChI is InChI=1S/C24H32N2O5S/c1-29-15-18(27)13-25(17-7-8-17)14-24(28)26-11-9-23-19(10-12-32-23)20(26)16-31-22-6-4-3-5-21(22)30-2/h3-6,10,12,17-18,20,27H,7-9,11,13-16H2,1-2H3. The van der Waals surface area contributed by atoms with Gasteiger partial charge in [-0.05, 0) is 48.4 Å². The molecule has 1 aromatic heterocycles. The van der Waals surface area contributed by atoms with Crippen molar-refractivity contribution >= 4 is 17.2 Å². The Bertz CT molecular complexity index is 900. The summed E-state index contributed by atoms with van der Waals surface area (Å²) in [6, 6.07) is 9.90. The summed E-state index contributed by atoms with van der Waals surface area (Å²) in [7, 11) is 3.20. The lowest BCUT2D eigenvalue weighted by atomic mass is 10.0. The van der Waals surface area contributed by atoms with Gasteiger partial charge in [-0.25, -0.2) is 0 Å². The van der Waals surface area contributed by atoms with Gasteiger partial charge in [0.2, 0.25) is 5.91 Å². The maximum atomic E-state index is 13.5. The first-order valence-electron chi connectivity index (χ1n) is 11.1. The molecule has 1 N–H and O–H groups in total. The Morgan fingerprint density at radius 1 is 1.25 bits per heavy atom. The molecule has 0 radical (unpaired) electrons. The topological polar surface area (TPSA) is 71.5 Å². The van der Waals surface area contributed by atoms with Gasteiger partial charge in [0.1, 0.15) is 6.61 Å². The van der Waals surface area contributed by atoms with Crippen LogP contribution < -0.4 is 9.47 Å². The Morgan fingerprint density at radius 3 is 2.75 bits per heavy atom. The Kier molecular flexibility index (Phi) is 7.67. The number of hydrogen-bond donors (Lipinski definition) is 1. The first-order valence-corrected chi connectivity index (χ1v) is 12.0. The summed E-state index contributed by atoms with van der Waals surface area (Å²) in [5, 5.41) is 12.3. The van der Waals surface area contributed by atoms with E-state index in [2.05, 4.69) is 16.3 Å². The van der Waals surface area contributed by atoms with E-state index in [1.165, 1.54) is 10.4 Å². The average Bonchev–Trinajstić information content (AvgIpc) is 3.54. The monoisotopic (exact) mass is 460 g/mol. The Morgan fingerprint density at radius 2 is 2.03 bits per heavy atom. The largest absolute Gasteiger partial charge is 0.493 e. The predicted octanol–water partition coefficient (Wildman–Crippen LogP) is 2.73. The van der Waals surface area contributed by atoms with Crippen LogP contribution in [-0.4, -0.2) is 80.0 Å². The van der Waals surface area contributed by atoms with E-state index in [-0.39, 0.29) is 18.6 Å². The zero-order valence-electron chi connectivity index (χ0n) is 18.7. The van der Waals surface area contributed by atoms with Crippen molar-refractivity contribution in [3.05, 3.63) is 46.2 Å². The zero-order chi connectivity index (χ0) is 22.5. The molecule has 0 spiro atoms. The SMILES string of the molecule is COCC(O)CN(CC(=O)N1CCc2sccc2C1COc1ccccc1OC)C1CC1. The second-order valence-corrected chi connectivity index (χ2v) is 9.38. The highest BCUT2D eigenvalue weighted by molar-refractivity contribution is 7.10. The van der Waals surface area contributed by atoms with Crippen LogP contribution >= 0.6 is 11.3 Å². The van der Waals surface area contributed by atoms with Crippen molar-refractivity contribution in [1.29, 1.82) is 0 Å². The summed E-state index contributed by atoms with van der Waals surface area (Å²) in [5.41, 5.74) is 1.17. The average molecular weight is 461 g/mol. The molecule has 2 unspecified atom stereocenters. The van der Waals surface area contributed by atoms with Gasteiger partial charge in [0.25, 0.3) is 0 Å². The lowest BCUT2D eigenvalue weighted by Crippen LogP contribution is -2.48. The predicted molar refractivity (Wildman–Crippen MR) is 123 cm³/mol. The van der Waals surface area contributed by atoms with Gasteiger partial charge in [-0.15, -0.1) is 11.3 Å². The van der Waals surface area contributed by atoms with Crippen molar-refractivity contribution < 1.29 is 24.1 Å². The van der Waals surface area contributed by atoms with Gasteiger partial charge in [-0.1, -0.05) is 12.1 Å². The molecule has 4 rings (SSSR count). The molecule has 0 bridgehead atoms. The number of aliphatic hydroxyl groups is 1. The summed E-state index contributed by atoms with van der Waals surface area (Å²) in [6.07, 6.45) is 2.41. The molecular formula is C24H32N2O5S. The van der Waals surface area contributed by atoms with Crippen LogP contribution in [0.15, 0.2) is 35.7 Å². The van der Waals surface area contributed by atoms with Gasteiger partial charge in [0.15, 0.2) is 11.5 Å². The van der Waals surface area contributed by atoms with Gasteiger partial charge in [0, 0.05) is 31.1 Å². The molecule has 2 aromatic rings. The molecule has 1 amide bonds. The van der Waals surface area contributed by atoms with E-state index in [1.807, 2.05) is 29.2 Å². The molecule has 7 nitrogen and oxygen atoms in total. The Balaban J connectivity index is 1.47.